The van der Waals surface area contributed by atoms with Crippen molar-refractivity contribution in [3.63, 3.8) is 0 Å². The second kappa shape index (κ2) is 16.1. The minimum Gasteiger partial charge on any atom is -0.311 e. The first kappa shape index (κ1) is 40.9. The maximum atomic E-state index is 2.58. The minimum absolute atomic E-state index is 0.0250. The Kier molecular flexibility index (Phi) is 9.14. The number of hydrogen-bond acceptors (Lipinski definition) is 4. The summed E-state index contributed by atoms with van der Waals surface area (Å²) in [6, 6.07) is 99.3. The zero-order valence-electron chi connectivity index (χ0n) is 39.2. The first-order chi connectivity index (χ1) is 35.7. The fraction of sp³-hybridized carbons (Fsp3) is 0.0149. The smallest absolute Gasteiger partial charge is 0.252 e. The monoisotopic (exact) mass is 933 g/mol. The third-order valence-corrected chi connectivity index (χ3v) is 16.6. The summed E-state index contributed by atoms with van der Waals surface area (Å²) in [6.45, 7) is -0.0250. The highest BCUT2D eigenvalue weighted by Crippen LogP contribution is 2.58. The van der Waals surface area contributed by atoms with Crippen LogP contribution in [0, 0.1) is 0 Å². The third-order valence-electron chi connectivity index (χ3n) is 15.5. The Balaban J connectivity index is 1.01. The summed E-state index contributed by atoms with van der Waals surface area (Å²) in [5.74, 6) is 0. The van der Waals surface area contributed by atoms with E-state index < -0.39 is 5.41 Å². The van der Waals surface area contributed by atoms with Gasteiger partial charge in [-0.1, -0.05) is 176 Å². The van der Waals surface area contributed by atoms with E-state index in [4.69, 9.17) is 0 Å². The van der Waals surface area contributed by atoms with Gasteiger partial charge in [0.05, 0.1) is 5.41 Å². The Morgan fingerprint density at radius 3 is 1.62 bits per heavy atom. The van der Waals surface area contributed by atoms with Gasteiger partial charge < -0.3 is 14.7 Å². The predicted molar refractivity (Wildman–Crippen MR) is 305 cm³/mol. The molecule has 1 aliphatic carbocycles. The van der Waals surface area contributed by atoms with Crippen LogP contribution in [0.4, 0.5) is 51.2 Å². The van der Waals surface area contributed by atoms with Crippen molar-refractivity contribution in [3.8, 4) is 11.1 Å². The molecule has 0 radical (unpaired) electrons. The molecule has 1 aromatic heterocycles. The lowest BCUT2D eigenvalue weighted by Crippen LogP contribution is -2.61. The van der Waals surface area contributed by atoms with Crippen molar-refractivity contribution in [3.05, 3.63) is 289 Å². The highest BCUT2D eigenvalue weighted by Gasteiger charge is 2.48. The van der Waals surface area contributed by atoms with Crippen molar-refractivity contribution in [2.24, 2.45) is 0 Å². The van der Waals surface area contributed by atoms with Crippen LogP contribution in [0.1, 0.15) is 22.3 Å². The van der Waals surface area contributed by atoms with Gasteiger partial charge in [-0.3, -0.25) is 0 Å². The number of rotatable bonds is 7. The summed E-state index contributed by atoms with van der Waals surface area (Å²) in [4.78, 5) is 7.49. The standard InChI is InChI=1S/C67H44BN3S/c1-5-20-45(21-6-1)67(46-22-7-2-8-23-46)56-30-15-13-28-52(56)53-39-36-50(43-57(53)67)71-62-34-19-33-61-66(62)68(59-40-37-51(44-63(59)71)69(47-24-9-3-10-25-47)48-26-11-4-12-27-48)58-31-16-17-32-60(58)70(61)49-38-41-65-55(42-49)54-29-14-18-35-64(54)72-65/h1-44H. The molecule has 0 amide bonds. The molecule has 0 saturated heterocycles. The molecule has 0 spiro atoms. The first-order valence-electron chi connectivity index (χ1n) is 24.9. The van der Waals surface area contributed by atoms with Gasteiger partial charge in [-0.25, -0.2) is 0 Å². The molecule has 0 fully saturated rings. The second-order valence-corrected chi connectivity index (χ2v) is 20.2. The predicted octanol–water partition coefficient (Wildman–Crippen LogP) is 16.0. The van der Waals surface area contributed by atoms with E-state index in [-0.39, 0.29) is 6.71 Å². The Bertz CT molecular complexity index is 4000. The number of nitrogens with zero attached hydrogens (tertiary/aromatic N) is 3. The lowest BCUT2D eigenvalue weighted by molar-refractivity contribution is 0.768. The van der Waals surface area contributed by atoms with Gasteiger partial charge in [0, 0.05) is 71.4 Å². The van der Waals surface area contributed by atoms with Gasteiger partial charge in [0.25, 0.3) is 6.71 Å². The minimum atomic E-state index is -0.554. The van der Waals surface area contributed by atoms with E-state index in [0.29, 0.717) is 0 Å². The van der Waals surface area contributed by atoms with E-state index in [9.17, 15) is 0 Å². The molecule has 2 aliphatic heterocycles. The van der Waals surface area contributed by atoms with Crippen LogP contribution in [0.15, 0.2) is 267 Å². The lowest BCUT2D eigenvalue weighted by atomic mass is 9.33. The molecule has 12 aromatic rings. The number of benzene rings is 11. The van der Waals surface area contributed by atoms with Gasteiger partial charge in [-0.15, -0.1) is 11.3 Å². The first-order valence-corrected chi connectivity index (χ1v) is 25.7. The van der Waals surface area contributed by atoms with E-state index in [1.807, 2.05) is 11.3 Å². The molecule has 3 heterocycles. The van der Waals surface area contributed by atoms with E-state index in [2.05, 4.69) is 282 Å². The van der Waals surface area contributed by atoms with Gasteiger partial charge in [-0.2, -0.15) is 0 Å². The van der Waals surface area contributed by atoms with Crippen molar-refractivity contribution in [1.29, 1.82) is 0 Å². The molecule has 0 saturated carbocycles. The number of hydrogen-bond donors (Lipinski definition) is 0. The summed E-state index contributed by atoms with van der Waals surface area (Å²) in [5, 5.41) is 2.59. The largest absolute Gasteiger partial charge is 0.311 e. The van der Waals surface area contributed by atoms with Crippen molar-refractivity contribution >= 4 is 106 Å². The molecule has 0 atom stereocenters. The quantitative estimate of drug-likeness (QED) is 0.147. The Hall–Kier alpha value is -8.90. The summed E-state index contributed by atoms with van der Waals surface area (Å²) >= 11 is 1.87. The summed E-state index contributed by atoms with van der Waals surface area (Å²) in [7, 11) is 0. The molecular formula is C67H44BN3S. The van der Waals surface area contributed by atoms with Crippen molar-refractivity contribution < 1.29 is 0 Å². The molecule has 0 unspecified atom stereocenters. The SMILES string of the molecule is c1ccc(N(c2ccccc2)c2ccc3c(c2)N(c2ccc4c(c2)C(c2ccccc2)(c2ccccc2)c2ccccc2-4)c2cccc4c2B3c2ccccc2N4c2ccc3sc4ccccc4c3c2)cc1. The normalized spacial score (nSPS) is 13.6. The zero-order chi connectivity index (χ0) is 47.3. The molecule has 3 aliphatic rings. The Labute approximate surface area is 423 Å². The highest BCUT2D eigenvalue weighted by atomic mass is 32.1. The number of para-hydroxylation sites is 3. The fourth-order valence-electron chi connectivity index (χ4n) is 12.6. The van der Waals surface area contributed by atoms with Crippen LogP contribution in [0.2, 0.25) is 0 Å². The Morgan fingerprint density at radius 1 is 0.347 bits per heavy atom. The fourth-order valence-corrected chi connectivity index (χ4v) is 13.7. The average Bonchev–Trinajstić information content (AvgIpc) is 3.97. The molecule has 336 valence electrons. The van der Waals surface area contributed by atoms with E-state index in [1.165, 1.54) is 87.0 Å². The van der Waals surface area contributed by atoms with Gasteiger partial charge in [-0.05, 0) is 141 Å². The van der Waals surface area contributed by atoms with Crippen LogP contribution in [-0.4, -0.2) is 6.71 Å². The molecule has 0 N–H and O–H groups in total. The van der Waals surface area contributed by atoms with Crippen LogP contribution in [-0.2, 0) is 5.41 Å². The second-order valence-electron chi connectivity index (χ2n) is 19.2. The molecule has 3 nitrogen and oxygen atoms in total. The van der Waals surface area contributed by atoms with Gasteiger partial charge in [0.15, 0.2) is 0 Å². The number of thiophene rings is 1. The summed E-state index contributed by atoms with van der Waals surface area (Å²) in [5.41, 5.74) is 21.2. The van der Waals surface area contributed by atoms with Crippen LogP contribution in [0.5, 0.6) is 0 Å². The molecule has 5 heteroatoms. The van der Waals surface area contributed by atoms with Gasteiger partial charge in [0.2, 0.25) is 0 Å². The Morgan fingerprint density at radius 2 is 0.889 bits per heavy atom. The molecule has 0 bridgehead atoms. The maximum absolute atomic E-state index is 2.58. The van der Waals surface area contributed by atoms with Crippen molar-refractivity contribution in [2.45, 2.75) is 5.41 Å². The highest BCUT2D eigenvalue weighted by molar-refractivity contribution is 7.25. The van der Waals surface area contributed by atoms with E-state index in [0.717, 1.165) is 34.1 Å². The zero-order valence-corrected chi connectivity index (χ0v) is 40.0. The van der Waals surface area contributed by atoms with Crippen LogP contribution >= 0.6 is 11.3 Å². The summed E-state index contributed by atoms with van der Waals surface area (Å²) < 4.78 is 2.61. The van der Waals surface area contributed by atoms with Crippen molar-refractivity contribution in [2.75, 3.05) is 14.7 Å². The summed E-state index contributed by atoms with van der Waals surface area (Å²) in [6.07, 6.45) is 0. The molecule has 72 heavy (non-hydrogen) atoms. The average molecular weight is 934 g/mol. The van der Waals surface area contributed by atoms with E-state index in [1.54, 1.807) is 0 Å². The maximum Gasteiger partial charge on any atom is 0.252 e. The van der Waals surface area contributed by atoms with Crippen molar-refractivity contribution in [1.82, 2.24) is 0 Å². The van der Waals surface area contributed by atoms with Gasteiger partial charge >= 0.3 is 0 Å². The lowest BCUT2D eigenvalue weighted by Gasteiger charge is -2.44. The molecule has 11 aromatic carbocycles. The topological polar surface area (TPSA) is 9.72 Å². The van der Waals surface area contributed by atoms with Gasteiger partial charge in [0.1, 0.15) is 0 Å². The van der Waals surface area contributed by atoms with Crippen LogP contribution in [0.3, 0.4) is 0 Å². The third kappa shape index (κ3) is 5.92. The number of anilines is 9. The van der Waals surface area contributed by atoms with Crippen LogP contribution in [0.25, 0.3) is 31.3 Å². The van der Waals surface area contributed by atoms with E-state index >= 15 is 0 Å². The number of fused-ring (bicyclic) bond motifs is 10. The van der Waals surface area contributed by atoms with Crippen LogP contribution < -0.4 is 31.1 Å². The molecule has 15 rings (SSSR count). The molecular weight excluding hydrogens is 890 g/mol.